The van der Waals surface area contributed by atoms with E-state index in [4.69, 9.17) is 9.47 Å². The number of hydrogen-bond donors (Lipinski definition) is 1. The summed E-state index contributed by atoms with van der Waals surface area (Å²) in [6, 6.07) is 7.07. The van der Waals surface area contributed by atoms with Crippen molar-refractivity contribution in [2.45, 2.75) is 38.9 Å². The van der Waals surface area contributed by atoms with Crippen LogP contribution in [0.5, 0.6) is 5.75 Å². The van der Waals surface area contributed by atoms with Crippen LogP contribution in [0.25, 0.3) is 0 Å². The van der Waals surface area contributed by atoms with Gasteiger partial charge in [0.1, 0.15) is 11.4 Å². The Morgan fingerprint density at radius 2 is 2.05 bits per heavy atom. The molecule has 0 spiro atoms. The number of benzene rings is 1. The molecule has 5 heteroatoms. The van der Waals surface area contributed by atoms with E-state index in [1.165, 1.54) is 0 Å². The predicted octanol–water partition coefficient (Wildman–Crippen LogP) is 2.50. The third-order valence-electron chi connectivity index (χ3n) is 3.47. The Kier molecular flexibility index (Phi) is 5.42. The van der Waals surface area contributed by atoms with Gasteiger partial charge in [-0.25, -0.2) is 0 Å². The molecule has 1 unspecified atom stereocenters. The third-order valence-corrected chi connectivity index (χ3v) is 3.47. The summed E-state index contributed by atoms with van der Waals surface area (Å²) < 4.78 is 11.1. The molecular weight excluding hydrogens is 282 g/mol. The van der Waals surface area contributed by atoms with Gasteiger partial charge in [0, 0.05) is 19.6 Å². The topological polar surface area (TPSA) is 59.0 Å². The highest BCUT2D eigenvalue weighted by Crippen LogP contribution is 2.24. The van der Waals surface area contributed by atoms with Gasteiger partial charge in [-0.2, -0.15) is 0 Å². The van der Waals surface area contributed by atoms with Crippen LogP contribution in [0.1, 0.15) is 38.9 Å². The van der Waals surface area contributed by atoms with Crippen molar-refractivity contribution in [3.63, 3.8) is 0 Å². The largest absolute Gasteiger partial charge is 0.508 e. The maximum Gasteiger partial charge on any atom is 0.307 e. The number of carbonyl (C=O) groups excluding carboxylic acids is 1. The first-order valence-corrected chi connectivity index (χ1v) is 7.68. The first-order valence-electron chi connectivity index (χ1n) is 7.68. The Bertz CT molecular complexity index is 492. The van der Waals surface area contributed by atoms with E-state index in [0.29, 0.717) is 19.6 Å². The average molecular weight is 307 g/mol. The summed E-state index contributed by atoms with van der Waals surface area (Å²) in [5.41, 5.74) is 0.608. The summed E-state index contributed by atoms with van der Waals surface area (Å²) in [5.74, 6) is 0.0847. The van der Waals surface area contributed by atoms with Crippen LogP contribution in [0.2, 0.25) is 0 Å². The minimum Gasteiger partial charge on any atom is -0.508 e. The van der Waals surface area contributed by atoms with E-state index < -0.39 is 5.60 Å². The monoisotopic (exact) mass is 307 g/mol. The average Bonchev–Trinajstić information content (AvgIpc) is 2.44. The van der Waals surface area contributed by atoms with Crippen LogP contribution >= 0.6 is 0 Å². The molecule has 1 aliphatic rings. The van der Waals surface area contributed by atoms with Crippen molar-refractivity contribution in [3.8, 4) is 5.75 Å². The lowest BCUT2D eigenvalue weighted by Gasteiger charge is -2.33. The number of ether oxygens (including phenoxy) is 2. The van der Waals surface area contributed by atoms with Gasteiger partial charge in [-0.3, -0.25) is 9.69 Å². The first-order chi connectivity index (χ1) is 10.3. The number of aromatic hydroxyl groups is 1. The smallest absolute Gasteiger partial charge is 0.307 e. The summed E-state index contributed by atoms with van der Waals surface area (Å²) in [6.45, 7) is 8.50. The molecule has 5 nitrogen and oxygen atoms in total. The highest BCUT2D eigenvalue weighted by Gasteiger charge is 2.23. The fourth-order valence-electron chi connectivity index (χ4n) is 2.44. The van der Waals surface area contributed by atoms with Gasteiger partial charge >= 0.3 is 5.97 Å². The molecule has 0 aliphatic carbocycles. The molecule has 0 amide bonds. The van der Waals surface area contributed by atoms with Gasteiger partial charge in [-0.15, -0.1) is 0 Å². The van der Waals surface area contributed by atoms with E-state index in [1.54, 1.807) is 12.1 Å². The number of rotatable bonds is 4. The molecule has 0 aromatic heterocycles. The standard InChI is InChI=1S/C17H25NO4/c1-17(2,3)22-16(20)8-9-18-10-11-21-15(12-18)13-4-6-14(19)7-5-13/h4-7,15,19H,8-12H2,1-3H3. The molecule has 1 heterocycles. The second-order valence-corrected chi connectivity index (χ2v) is 6.59. The van der Waals surface area contributed by atoms with Crippen molar-refractivity contribution >= 4 is 5.97 Å². The molecule has 0 saturated carbocycles. The number of nitrogens with zero attached hydrogens (tertiary/aromatic N) is 1. The molecule has 1 aliphatic heterocycles. The van der Waals surface area contributed by atoms with Crippen molar-refractivity contribution in [2.75, 3.05) is 26.2 Å². The van der Waals surface area contributed by atoms with E-state index in [1.807, 2.05) is 32.9 Å². The number of phenols is 1. The second-order valence-electron chi connectivity index (χ2n) is 6.59. The summed E-state index contributed by atoms with van der Waals surface area (Å²) in [5, 5.41) is 9.34. The quantitative estimate of drug-likeness (QED) is 0.866. The van der Waals surface area contributed by atoms with Crippen LogP contribution in [0.15, 0.2) is 24.3 Å². The molecule has 1 saturated heterocycles. The van der Waals surface area contributed by atoms with Gasteiger partial charge in [0.25, 0.3) is 0 Å². The Balaban J connectivity index is 1.83. The van der Waals surface area contributed by atoms with Crippen LogP contribution in [-0.4, -0.2) is 47.8 Å². The first kappa shape index (κ1) is 16.8. The normalized spacial score (nSPS) is 19.9. The van der Waals surface area contributed by atoms with Crippen LogP contribution in [0.4, 0.5) is 0 Å². The summed E-state index contributed by atoms with van der Waals surface area (Å²) in [4.78, 5) is 14.0. The maximum atomic E-state index is 11.8. The molecule has 0 radical (unpaired) electrons. The summed E-state index contributed by atoms with van der Waals surface area (Å²) in [7, 11) is 0. The third kappa shape index (κ3) is 5.31. The predicted molar refractivity (Wildman–Crippen MR) is 83.7 cm³/mol. The van der Waals surface area contributed by atoms with Crippen LogP contribution < -0.4 is 0 Å². The van der Waals surface area contributed by atoms with Gasteiger partial charge in [0.05, 0.1) is 19.1 Å². The number of carbonyl (C=O) groups is 1. The van der Waals surface area contributed by atoms with Gasteiger partial charge < -0.3 is 14.6 Å². The lowest BCUT2D eigenvalue weighted by Crippen LogP contribution is -2.39. The number of esters is 1. The van der Waals surface area contributed by atoms with E-state index in [0.717, 1.165) is 18.7 Å². The number of morpholine rings is 1. The van der Waals surface area contributed by atoms with E-state index in [-0.39, 0.29) is 17.8 Å². The molecular formula is C17H25NO4. The molecule has 2 rings (SSSR count). The fourth-order valence-corrected chi connectivity index (χ4v) is 2.44. The molecule has 0 bridgehead atoms. The van der Waals surface area contributed by atoms with E-state index in [2.05, 4.69) is 4.90 Å². The number of phenolic OH excluding ortho intramolecular Hbond substituents is 1. The highest BCUT2D eigenvalue weighted by atomic mass is 16.6. The minimum atomic E-state index is -0.434. The summed E-state index contributed by atoms with van der Waals surface area (Å²) in [6.07, 6.45) is 0.368. The molecule has 1 aromatic rings. The van der Waals surface area contributed by atoms with Crippen molar-refractivity contribution in [3.05, 3.63) is 29.8 Å². The molecule has 1 fully saturated rings. The van der Waals surface area contributed by atoms with Crippen LogP contribution in [0.3, 0.4) is 0 Å². The van der Waals surface area contributed by atoms with Crippen LogP contribution in [-0.2, 0) is 14.3 Å². The van der Waals surface area contributed by atoms with Crippen molar-refractivity contribution in [2.24, 2.45) is 0 Å². The molecule has 1 aromatic carbocycles. The summed E-state index contributed by atoms with van der Waals surface area (Å²) >= 11 is 0. The van der Waals surface area contributed by atoms with Crippen molar-refractivity contribution < 1.29 is 19.4 Å². The van der Waals surface area contributed by atoms with Gasteiger partial charge in [0.15, 0.2) is 0 Å². The minimum absolute atomic E-state index is 0.0204. The molecule has 22 heavy (non-hydrogen) atoms. The zero-order valence-corrected chi connectivity index (χ0v) is 13.5. The van der Waals surface area contributed by atoms with Crippen molar-refractivity contribution in [1.29, 1.82) is 0 Å². The van der Waals surface area contributed by atoms with Gasteiger partial charge in [-0.05, 0) is 38.5 Å². The van der Waals surface area contributed by atoms with Crippen LogP contribution in [0, 0.1) is 0 Å². The molecule has 1 atom stereocenters. The van der Waals surface area contributed by atoms with E-state index in [9.17, 15) is 9.90 Å². The maximum absolute atomic E-state index is 11.8. The van der Waals surface area contributed by atoms with Gasteiger partial charge in [-0.1, -0.05) is 12.1 Å². The lowest BCUT2D eigenvalue weighted by atomic mass is 10.1. The lowest BCUT2D eigenvalue weighted by molar-refractivity contribution is -0.155. The zero-order chi connectivity index (χ0) is 16.2. The Hall–Kier alpha value is -1.59. The zero-order valence-electron chi connectivity index (χ0n) is 13.5. The van der Waals surface area contributed by atoms with E-state index >= 15 is 0 Å². The SMILES string of the molecule is CC(C)(C)OC(=O)CCN1CCOC(c2ccc(O)cc2)C1. The Morgan fingerprint density at radius 1 is 1.36 bits per heavy atom. The Labute approximate surface area is 131 Å². The second kappa shape index (κ2) is 7.11. The molecule has 122 valence electrons. The van der Waals surface area contributed by atoms with Gasteiger partial charge in [0.2, 0.25) is 0 Å². The molecule has 1 N–H and O–H groups in total. The Morgan fingerprint density at radius 3 is 2.68 bits per heavy atom. The highest BCUT2D eigenvalue weighted by molar-refractivity contribution is 5.70. The fraction of sp³-hybridized carbons (Fsp3) is 0.588. The number of hydrogen-bond acceptors (Lipinski definition) is 5. The van der Waals surface area contributed by atoms with Crippen molar-refractivity contribution in [1.82, 2.24) is 4.90 Å².